The maximum Gasteiger partial charge on any atom is 0.264 e. The fraction of sp³-hybridized carbons (Fsp3) is 0.111. The Kier molecular flexibility index (Phi) is 5.57. The van der Waals surface area contributed by atoms with Crippen molar-refractivity contribution in [3.05, 3.63) is 70.8 Å². The van der Waals surface area contributed by atoms with E-state index in [1.807, 2.05) is 0 Å². The molecular formula is C18H16ClN5O3S. The number of anilines is 2. The van der Waals surface area contributed by atoms with E-state index in [0.717, 1.165) is 0 Å². The largest absolute Gasteiger partial charge is 0.322 e. The van der Waals surface area contributed by atoms with Crippen LogP contribution in [0.1, 0.15) is 21.7 Å². The lowest BCUT2D eigenvalue weighted by Gasteiger charge is -2.09. The van der Waals surface area contributed by atoms with Gasteiger partial charge in [-0.1, -0.05) is 11.6 Å². The molecule has 1 amide bonds. The van der Waals surface area contributed by atoms with Crippen LogP contribution in [0.3, 0.4) is 0 Å². The second-order valence-corrected chi connectivity index (χ2v) is 7.94. The molecule has 3 aromatic rings. The number of nitrogens with one attached hydrogen (secondary N) is 2. The minimum absolute atomic E-state index is 0.00102. The zero-order valence-electron chi connectivity index (χ0n) is 15.0. The van der Waals surface area contributed by atoms with E-state index < -0.39 is 15.9 Å². The van der Waals surface area contributed by atoms with Crippen LogP contribution >= 0.6 is 11.6 Å². The van der Waals surface area contributed by atoms with Crippen molar-refractivity contribution in [2.75, 3.05) is 10.0 Å². The van der Waals surface area contributed by atoms with Crippen molar-refractivity contribution in [3.63, 3.8) is 0 Å². The molecule has 0 radical (unpaired) electrons. The molecule has 0 aliphatic rings. The normalized spacial score (nSPS) is 11.1. The van der Waals surface area contributed by atoms with E-state index in [1.54, 1.807) is 26.0 Å². The number of rotatable bonds is 5. The van der Waals surface area contributed by atoms with Gasteiger partial charge in [0.25, 0.3) is 15.9 Å². The molecule has 0 spiro atoms. The maximum absolute atomic E-state index is 12.5. The molecule has 2 aromatic heterocycles. The van der Waals surface area contributed by atoms with E-state index in [0.29, 0.717) is 17.1 Å². The highest BCUT2D eigenvalue weighted by Crippen LogP contribution is 2.19. The number of pyridine rings is 1. The monoisotopic (exact) mass is 417 g/mol. The zero-order valence-corrected chi connectivity index (χ0v) is 16.5. The topological polar surface area (TPSA) is 114 Å². The molecule has 0 aliphatic carbocycles. The molecule has 0 saturated carbocycles. The SMILES string of the molecule is Cc1cc(C)nc(NS(=O)(=O)c2ccc(NC(=O)c3cccnc3Cl)cc2)n1. The molecule has 0 atom stereocenters. The van der Waals surface area contributed by atoms with Crippen LogP contribution in [0.25, 0.3) is 0 Å². The molecule has 3 rings (SSSR count). The lowest BCUT2D eigenvalue weighted by Crippen LogP contribution is -2.16. The molecule has 0 fully saturated rings. The first kappa shape index (κ1) is 19.7. The van der Waals surface area contributed by atoms with Gasteiger partial charge < -0.3 is 5.32 Å². The molecule has 10 heteroatoms. The Labute approximate surface area is 167 Å². The summed E-state index contributed by atoms with van der Waals surface area (Å²) >= 11 is 5.90. The average molecular weight is 418 g/mol. The van der Waals surface area contributed by atoms with Crippen molar-refractivity contribution in [2.45, 2.75) is 18.7 Å². The molecule has 0 bridgehead atoms. The van der Waals surface area contributed by atoms with Gasteiger partial charge >= 0.3 is 0 Å². The van der Waals surface area contributed by atoms with Crippen molar-refractivity contribution in [2.24, 2.45) is 0 Å². The molecule has 8 nitrogen and oxygen atoms in total. The molecule has 2 heterocycles. The van der Waals surface area contributed by atoms with Crippen LogP contribution in [0, 0.1) is 13.8 Å². The summed E-state index contributed by atoms with van der Waals surface area (Å²) in [6, 6.07) is 10.5. The fourth-order valence-electron chi connectivity index (χ4n) is 2.42. The number of nitrogens with zero attached hydrogens (tertiary/aromatic N) is 3. The predicted molar refractivity (Wildman–Crippen MR) is 106 cm³/mol. The third-order valence-electron chi connectivity index (χ3n) is 3.63. The number of hydrogen-bond acceptors (Lipinski definition) is 6. The number of carbonyl (C=O) groups excluding carboxylic acids is 1. The lowest BCUT2D eigenvalue weighted by molar-refractivity contribution is 0.102. The van der Waals surface area contributed by atoms with Crippen molar-refractivity contribution in [1.82, 2.24) is 15.0 Å². The molecule has 1 aromatic carbocycles. The summed E-state index contributed by atoms with van der Waals surface area (Å²) in [6.45, 7) is 3.50. The summed E-state index contributed by atoms with van der Waals surface area (Å²) < 4.78 is 27.4. The number of amides is 1. The maximum atomic E-state index is 12.5. The zero-order chi connectivity index (χ0) is 20.3. The highest BCUT2D eigenvalue weighted by atomic mass is 35.5. The molecule has 0 saturated heterocycles. The Hall–Kier alpha value is -3.04. The second-order valence-electron chi connectivity index (χ2n) is 5.90. The second kappa shape index (κ2) is 7.91. The van der Waals surface area contributed by atoms with Gasteiger partial charge in [-0.2, -0.15) is 0 Å². The molecule has 0 aliphatic heterocycles. The standard InChI is InChI=1S/C18H16ClN5O3S/c1-11-10-12(2)22-18(21-11)24-28(26,27)14-7-5-13(6-8-14)23-17(25)15-4-3-9-20-16(15)19/h3-10H,1-2H3,(H,23,25)(H,21,22,24). The van der Waals surface area contributed by atoms with Crippen LogP contribution in [-0.4, -0.2) is 29.3 Å². The van der Waals surface area contributed by atoms with Crippen molar-refractivity contribution in [1.29, 1.82) is 0 Å². The highest BCUT2D eigenvalue weighted by Gasteiger charge is 2.17. The predicted octanol–water partition coefficient (Wildman–Crippen LogP) is 3.19. The number of aromatic nitrogens is 3. The van der Waals surface area contributed by atoms with Crippen LogP contribution in [0.4, 0.5) is 11.6 Å². The molecule has 28 heavy (non-hydrogen) atoms. The third kappa shape index (κ3) is 4.62. The van der Waals surface area contributed by atoms with Crippen LogP contribution < -0.4 is 10.0 Å². The van der Waals surface area contributed by atoms with E-state index in [-0.39, 0.29) is 21.6 Å². The minimum atomic E-state index is -3.87. The van der Waals surface area contributed by atoms with Crippen LogP contribution in [0.15, 0.2) is 53.6 Å². The first-order chi connectivity index (χ1) is 13.2. The molecule has 0 unspecified atom stereocenters. The molecular weight excluding hydrogens is 402 g/mol. The summed E-state index contributed by atoms with van der Waals surface area (Å²) in [5, 5.41) is 2.72. The van der Waals surface area contributed by atoms with E-state index in [1.165, 1.54) is 36.5 Å². The molecule has 2 N–H and O–H groups in total. The number of carbonyl (C=O) groups is 1. The van der Waals surface area contributed by atoms with Gasteiger partial charge in [-0.05, 0) is 56.3 Å². The summed E-state index contributed by atoms with van der Waals surface area (Å²) in [4.78, 5) is 24.2. The molecule has 144 valence electrons. The third-order valence-corrected chi connectivity index (χ3v) is 5.28. The van der Waals surface area contributed by atoms with Crippen molar-refractivity contribution in [3.8, 4) is 0 Å². The van der Waals surface area contributed by atoms with Gasteiger partial charge in [-0.3, -0.25) is 4.79 Å². The van der Waals surface area contributed by atoms with Gasteiger partial charge in [-0.25, -0.2) is 28.1 Å². The Bertz CT molecular complexity index is 1110. The van der Waals surface area contributed by atoms with E-state index in [9.17, 15) is 13.2 Å². The van der Waals surface area contributed by atoms with Crippen LogP contribution in [0.2, 0.25) is 5.15 Å². The summed E-state index contributed by atoms with van der Waals surface area (Å²) in [5.41, 5.74) is 1.93. The van der Waals surface area contributed by atoms with Crippen molar-refractivity contribution >= 4 is 39.2 Å². The Morgan fingerprint density at radius 2 is 1.68 bits per heavy atom. The first-order valence-electron chi connectivity index (χ1n) is 8.11. The van der Waals surface area contributed by atoms with E-state index >= 15 is 0 Å². The number of aryl methyl sites for hydroxylation is 2. The Morgan fingerprint density at radius 1 is 1.04 bits per heavy atom. The number of hydrogen-bond donors (Lipinski definition) is 2. The van der Waals surface area contributed by atoms with Crippen molar-refractivity contribution < 1.29 is 13.2 Å². The number of halogens is 1. The highest BCUT2D eigenvalue weighted by molar-refractivity contribution is 7.92. The average Bonchev–Trinajstić information content (AvgIpc) is 2.61. The summed E-state index contributed by atoms with van der Waals surface area (Å²) in [5.74, 6) is -0.448. The summed E-state index contributed by atoms with van der Waals surface area (Å²) in [6.07, 6.45) is 1.48. The number of benzene rings is 1. The Morgan fingerprint density at radius 3 is 2.29 bits per heavy atom. The van der Waals surface area contributed by atoms with Gasteiger partial charge in [0, 0.05) is 23.3 Å². The minimum Gasteiger partial charge on any atom is -0.322 e. The van der Waals surface area contributed by atoms with Gasteiger partial charge in [0.15, 0.2) is 0 Å². The van der Waals surface area contributed by atoms with Gasteiger partial charge in [-0.15, -0.1) is 0 Å². The quantitative estimate of drug-likeness (QED) is 0.616. The summed E-state index contributed by atoms with van der Waals surface area (Å²) in [7, 11) is -3.87. The van der Waals surface area contributed by atoms with Crippen LogP contribution in [0.5, 0.6) is 0 Å². The van der Waals surface area contributed by atoms with Crippen LogP contribution in [-0.2, 0) is 10.0 Å². The fourth-order valence-corrected chi connectivity index (χ4v) is 3.57. The van der Waals surface area contributed by atoms with Gasteiger partial charge in [0.1, 0.15) is 5.15 Å². The Balaban J connectivity index is 1.76. The smallest absolute Gasteiger partial charge is 0.264 e. The van der Waals surface area contributed by atoms with E-state index in [4.69, 9.17) is 11.6 Å². The first-order valence-corrected chi connectivity index (χ1v) is 9.98. The van der Waals surface area contributed by atoms with Gasteiger partial charge in [0.05, 0.1) is 10.5 Å². The van der Waals surface area contributed by atoms with Gasteiger partial charge in [0.2, 0.25) is 5.95 Å². The number of sulfonamides is 1. The lowest BCUT2D eigenvalue weighted by atomic mass is 10.2. The van der Waals surface area contributed by atoms with E-state index in [2.05, 4.69) is 25.0 Å².